The van der Waals surface area contributed by atoms with Gasteiger partial charge in [-0.25, -0.2) is 0 Å². The fraction of sp³-hybridized carbons (Fsp3) is 1.00. The summed E-state index contributed by atoms with van der Waals surface area (Å²) in [5.41, 5.74) is 0. The Morgan fingerprint density at radius 1 is 0.348 bits per heavy atom. The van der Waals surface area contributed by atoms with Gasteiger partial charge in [-0.1, -0.05) is 0 Å². The van der Waals surface area contributed by atoms with Crippen LogP contribution in [0.1, 0.15) is 129 Å². The third-order valence-corrected chi connectivity index (χ3v) is 8.08. The molecule has 0 amide bonds. The molecule has 0 aliphatic rings. The van der Waals surface area contributed by atoms with E-state index >= 15 is 0 Å². The first kappa shape index (κ1) is 23.8. The summed E-state index contributed by atoms with van der Waals surface area (Å²) in [7, 11) is 0. The van der Waals surface area contributed by atoms with Crippen molar-refractivity contribution in [2.24, 2.45) is 0 Å². The fourth-order valence-corrected chi connectivity index (χ4v) is 6.04. The Hall–Kier alpha value is 0.790. The van der Waals surface area contributed by atoms with E-state index in [0.717, 1.165) is 0 Å². The predicted octanol–water partition coefficient (Wildman–Crippen LogP) is 8.59. The molecule has 0 fully saturated rings. The average Bonchev–Trinajstić information content (AvgIpc) is 2.57. The topological polar surface area (TPSA) is 0 Å². The molecule has 0 heterocycles. The zero-order valence-electron chi connectivity index (χ0n) is 16.6. The average molecular weight is 438 g/mol. The van der Waals surface area contributed by atoms with Gasteiger partial charge in [-0.3, -0.25) is 0 Å². The van der Waals surface area contributed by atoms with Crippen molar-refractivity contribution in [3.05, 3.63) is 0 Å². The molecule has 0 atom stereocenters. The van der Waals surface area contributed by atoms with Gasteiger partial charge in [-0.2, -0.15) is 0 Å². The molecule has 0 radical (unpaired) electrons. The van der Waals surface area contributed by atoms with Gasteiger partial charge in [-0.05, 0) is 0 Å². The van der Waals surface area contributed by atoms with Gasteiger partial charge in [0, 0.05) is 0 Å². The van der Waals surface area contributed by atoms with Gasteiger partial charge >= 0.3 is 159 Å². The van der Waals surface area contributed by atoms with Crippen molar-refractivity contribution in [2.45, 2.75) is 138 Å². The Kier molecular flexibility index (Phi) is 23.6. The summed E-state index contributed by atoms with van der Waals surface area (Å²) in [5, 5.41) is 0. The fourth-order valence-electron chi connectivity index (χ4n) is 3.13. The molecule has 0 saturated carbocycles. The third kappa shape index (κ3) is 22.8. The molecule has 23 heavy (non-hydrogen) atoms. The van der Waals surface area contributed by atoms with Gasteiger partial charge < -0.3 is 0 Å². The van der Waals surface area contributed by atoms with Gasteiger partial charge in [0.1, 0.15) is 0 Å². The Balaban J connectivity index is 2.92. The molecule has 1 heteroatoms. The summed E-state index contributed by atoms with van der Waals surface area (Å²) in [6, 6.07) is 0. The summed E-state index contributed by atoms with van der Waals surface area (Å²) in [4.78, 5) is 0. The maximum atomic E-state index is 2.30. The molecule has 0 spiro atoms. The molecule has 0 N–H and O–H groups in total. The molecule has 0 aromatic heterocycles. The van der Waals surface area contributed by atoms with Crippen molar-refractivity contribution in [2.75, 3.05) is 0 Å². The monoisotopic (exact) mass is 440 g/mol. The van der Waals surface area contributed by atoms with E-state index in [1.165, 1.54) is 103 Å². The normalized spacial score (nSPS) is 11.2. The zero-order valence-corrected chi connectivity index (χ0v) is 18.9. The zero-order chi connectivity index (χ0) is 16.8. The molecule has 0 unspecified atom stereocenters. The molecule has 0 bridgehead atoms. The van der Waals surface area contributed by atoms with Crippen LogP contribution in [0.15, 0.2) is 0 Å². The summed E-state index contributed by atoms with van der Waals surface area (Å²) in [6.07, 6.45) is 26.7. The Labute approximate surface area is 159 Å². The molecule has 0 aromatic rings. The molecular weight excluding hydrogens is 392 g/mol. The van der Waals surface area contributed by atoms with E-state index in [9.17, 15) is 0 Å². The van der Waals surface area contributed by atoms with Crippen LogP contribution in [0, 0.1) is 0 Å². The van der Waals surface area contributed by atoms with Crippen molar-refractivity contribution >= 4 is 20.9 Å². The molecule has 0 aliphatic heterocycles. The number of hydrogen-bond acceptors (Lipinski definition) is 0. The van der Waals surface area contributed by atoms with E-state index in [0.29, 0.717) is 20.9 Å². The minimum atomic E-state index is 0.385. The van der Waals surface area contributed by atoms with Crippen molar-refractivity contribution in [1.82, 2.24) is 0 Å². The standard InChI is InChI=1S/C22H46Te/c1-3-5-7-9-11-13-15-17-19-21-23-22-20-18-16-14-12-10-8-6-4-2/h3-22H2,1-2H3. The first-order chi connectivity index (χ1) is 11.4. The predicted molar refractivity (Wildman–Crippen MR) is 110 cm³/mol. The van der Waals surface area contributed by atoms with Crippen molar-refractivity contribution < 1.29 is 0 Å². The molecule has 0 nitrogen and oxygen atoms in total. The van der Waals surface area contributed by atoms with Gasteiger partial charge in [-0.15, -0.1) is 0 Å². The van der Waals surface area contributed by atoms with Crippen LogP contribution in [0.2, 0.25) is 8.94 Å². The van der Waals surface area contributed by atoms with Crippen LogP contribution in [0.25, 0.3) is 0 Å². The van der Waals surface area contributed by atoms with Gasteiger partial charge in [0.2, 0.25) is 0 Å². The number of unbranched alkanes of at least 4 members (excludes halogenated alkanes) is 16. The van der Waals surface area contributed by atoms with Crippen LogP contribution in [-0.4, -0.2) is 20.9 Å². The number of hydrogen-bond donors (Lipinski definition) is 0. The second-order valence-electron chi connectivity index (χ2n) is 7.27. The van der Waals surface area contributed by atoms with E-state index in [-0.39, 0.29) is 0 Å². The van der Waals surface area contributed by atoms with E-state index in [1.54, 1.807) is 21.8 Å². The molecule has 140 valence electrons. The maximum absolute atomic E-state index is 2.30. The second kappa shape index (κ2) is 22.8. The molecule has 0 aromatic carbocycles. The second-order valence-corrected chi connectivity index (χ2v) is 10.8. The molecular formula is C22H46Te. The van der Waals surface area contributed by atoms with E-state index in [1.807, 2.05) is 0 Å². The Morgan fingerprint density at radius 3 is 0.913 bits per heavy atom. The quantitative estimate of drug-likeness (QED) is 0.132. The Bertz CT molecular complexity index is 170. The van der Waals surface area contributed by atoms with Crippen molar-refractivity contribution in [3.63, 3.8) is 0 Å². The van der Waals surface area contributed by atoms with E-state index < -0.39 is 0 Å². The molecule has 0 aliphatic carbocycles. The SMILES string of the molecule is CCCCCCCCCCC[Te]CCCCCCCCCCC. The van der Waals surface area contributed by atoms with Crippen LogP contribution >= 0.6 is 0 Å². The molecule has 0 saturated heterocycles. The first-order valence-electron chi connectivity index (χ1n) is 11.0. The minimum absolute atomic E-state index is 0.385. The van der Waals surface area contributed by atoms with Crippen molar-refractivity contribution in [1.29, 1.82) is 0 Å². The Morgan fingerprint density at radius 2 is 0.609 bits per heavy atom. The summed E-state index contributed by atoms with van der Waals surface area (Å²) < 4.78 is 3.25. The van der Waals surface area contributed by atoms with Crippen LogP contribution in [0.3, 0.4) is 0 Å². The van der Waals surface area contributed by atoms with Gasteiger partial charge in [0.15, 0.2) is 0 Å². The van der Waals surface area contributed by atoms with E-state index in [2.05, 4.69) is 13.8 Å². The van der Waals surface area contributed by atoms with Crippen molar-refractivity contribution in [3.8, 4) is 0 Å². The first-order valence-corrected chi connectivity index (χ1v) is 14.3. The van der Waals surface area contributed by atoms with Crippen LogP contribution in [0.4, 0.5) is 0 Å². The van der Waals surface area contributed by atoms with Crippen LogP contribution < -0.4 is 0 Å². The summed E-state index contributed by atoms with van der Waals surface area (Å²) >= 11 is 0.385. The van der Waals surface area contributed by atoms with E-state index in [4.69, 9.17) is 0 Å². The van der Waals surface area contributed by atoms with Gasteiger partial charge in [0.05, 0.1) is 0 Å². The summed E-state index contributed by atoms with van der Waals surface area (Å²) in [6.45, 7) is 4.61. The van der Waals surface area contributed by atoms with Gasteiger partial charge in [0.25, 0.3) is 0 Å². The third-order valence-electron chi connectivity index (χ3n) is 4.78. The number of rotatable bonds is 20. The summed E-state index contributed by atoms with van der Waals surface area (Å²) in [5.74, 6) is 0. The van der Waals surface area contributed by atoms with Crippen LogP contribution in [-0.2, 0) is 0 Å². The molecule has 0 rings (SSSR count). The van der Waals surface area contributed by atoms with Crippen LogP contribution in [0.5, 0.6) is 0 Å².